The molecule has 1 unspecified atom stereocenters. The van der Waals surface area contributed by atoms with Crippen LogP contribution < -0.4 is 5.73 Å². The average Bonchev–Trinajstić information content (AvgIpc) is 2.75. The van der Waals surface area contributed by atoms with Gasteiger partial charge in [-0.2, -0.15) is 0 Å². The summed E-state index contributed by atoms with van der Waals surface area (Å²) in [6.07, 6.45) is 3.84. The van der Waals surface area contributed by atoms with Crippen LogP contribution in [0.2, 0.25) is 0 Å². The first-order valence-electron chi connectivity index (χ1n) is 6.21. The molecule has 4 heteroatoms. The molecule has 1 aromatic carbocycles. The number of rotatable bonds is 1. The van der Waals surface area contributed by atoms with Crippen molar-refractivity contribution in [1.82, 2.24) is 9.55 Å². The minimum absolute atomic E-state index is 0.185. The van der Waals surface area contributed by atoms with Gasteiger partial charge in [-0.1, -0.05) is 12.1 Å². The van der Waals surface area contributed by atoms with Gasteiger partial charge < -0.3 is 10.3 Å². The highest BCUT2D eigenvalue weighted by molar-refractivity contribution is 5.59. The highest BCUT2D eigenvalue weighted by Crippen LogP contribution is 2.23. The van der Waals surface area contributed by atoms with Crippen molar-refractivity contribution in [3.05, 3.63) is 41.6 Å². The van der Waals surface area contributed by atoms with Crippen LogP contribution in [0.3, 0.4) is 0 Å². The van der Waals surface area contributed by atoms with Crippen LogP contribution in [-0.2, 0) is 13.0 Å². The molecule has 2 heterocycles. The van der Waals surface area contributed by atoms with Crippen molar-refractivity contribution in [2.24, 2.45) is 5.73 Å². The third-order valence-electron chi connectivity index (χ3n) is 3.50. The summed E-state index contributed by atoms with van der Waals surface area (Å²) >= 11 is 0. The number of hydrogen-bond donors (Lipinski definition) is 1. The molecule has 1 atom stereocenters. The number of aryl methyl sites for hydroxylation is 2. The molecule has 2 aromatic rings. The molecule has 1 aromatic heterocycles. The van der Waals surface area contributed by atoms with E-state index < -0.39 is 0 Å². The molecule has 18 heavy (non-hydrogen) atoms. The van der Waals surface area contributed by atoms with Gasteiger partial charge in [0, 0.05) is 30.8 Å². The van der Waals surface area contributed by atoms with Gasteiger partial charge in [0.1, 0.15) is 11.6 Å². The van der Waals surface area contributed by atoms with Crippen LogP contribution >= 0.6 is 0 Å². The molecular weight excluding hydrogens is 229 g/mol. The number of benzene rings is 1. The van der Waals surface area contributed by atoms with Crippen LogP contribution in [0.1, 0.15) is 17.8 Å². The van der Waals surface area contributed by atoms with E-state index in [1.54, 1.807) is 19.1 Å². The van der Waals surface area contributed by atoms with Crippen LogP contribution in [0.5, 0.6) is 0 Å². The Kier molecular flexibility index (Phi) is 2.67. The fourth-order valence-corrected chi connectivity index (χ4v) is 2.36. The monoisotopic (exact) mass is 245 g/mol. The molecule has 0 saturated heterocycles. The Morgan fingerprint density at radius 1 is 1.44 bits per heavy atom. The Labute approximate surface area is 105 Å². The standard InChI is InChI=1S/C14H16FN3/c1-9-2-3-10(6-12(9)15)13-8-18-7-11(16)4-5-14(18)17-13/h2-3,6,8,11H,4-5,7,16H2,1H3. The molecular formula is C14H16FN3. The van der Waals surface area contributed by atoms with E-state index in [-0.39, 0.29) is 11.9 Å². The molecule has 1 aliphatic heterocycles. The summed E-state index contributed by atoms with van der Waals surface area (Å²) < 4.78 is 15.6. The molecule has 0 radical (unpaired) electrons. The van der Waals surface area contributed by atoms with Gasteiger partial charge in [-0.3, -0.25) is 0 Å². The number of imidazole rings is 1. The second-order valence-electron chi connectivity index (χ2n) is 4.96. The topological polar surface area (TPSA) is 43.8 Å². The summed E-state index contributed by atoms with van der Waals surface area (Å²) in [5.74, 6) is 0.864. The summed E-state index contributed by atoms with van der Waals surface area (Å²) in [6, 6.07) is 5.44. The van der Waals surface area contributed by atoms with E-state index >= 15 is 0 Å². The fourth-order valence-electron chi connectivity index (χ4n) is 2.36. The second-order valence-corrected chi connectivity index (χ2v) is 4.96. The summed E-state index contributed by atoms with van der Waals surface area (Å²) in [5, 5.41) is 0. The lowest BCUT2D eigenvalue weighted by Gasteiger charge is -2.19. The van der Waals surface area contributed by atoms with Crippen LogP contribution in [0.25, 0.3) is 11.3 Å². The minimum Gasteiger partial charge on any atom is -0.333 e. The van der Waals surface area contributed by atoms with Gasteiger partial charge in [0.2, 0.25) is 0 Å². The van der Waals surface area contributed by atoms with Crippen molar-refractivity contribution in [2.45, 2.75) is 32.4 Å². The minimum atomic E-state index is -0.185. The smallest absolute Gasteiger partial charge is 0.126 e. The summed E-state index contributed by atoms with van der Waals surface area (Å²) in [5.41, 5.74) is 8.25. The fraction of sp³-hybridized carbons (Fsp3) is 0.357. The van der Waals surface area contributed by atoms with E-state index in [0.717, 1.165) is 36.5 Å². The highest BCUT2D eigenvalue weighted by atomic mass is 19.1. The molecule has 2 N–H and O–H groups in total. The molecule has 3 nitrogen and oxygen atoms in total. The van der Waals surface area contributed by atoms with E-state index in [1.165, 1.54) is 0 Å². The number of halogens is 1. The Balaban J connectivity index is 2.00. The zero-order chi connectivity index (χ0) is 12.7. The normalized spacial score (nSPS) is 18.7. The van der Waals surface area contributed by atoms with Gasteiger partial charge >= 0.3 is 0 Å². The Morgan fingerprint density at radius 2 is 2.28 bits per heavy atom. The van der Waals surface area contributed by atoms with Crippen molar-refractivity contribution in [3.8, 4) is 11.3 Å². The summed E-state index contributed by atoms with van der Waals surface area (Å²) in [6.45, 7) is 2.56. The third kappa shape index (κ3) is 1.93. The predicted molar refractivity (Wildman–Crippen MR) is 68.7 cm³/mol. The van der Waals surface area contributed by atoms with Gasteiger partial charge in [-0.25, -0.2) is 9.37 Å². The maximum atomic E-state index is 13.6. The molecule has 94 valence electrons. The first kappa shape index (κ1) is 11.4. The summed E-state index contributed by atoms with van der Waals surface area (Å²) in [4.78, 5) is 4.57. The average molecular weight is 245 g/mol. The van der Waals surface area contributed by atoms with Crippen LogP contribution in [0, 0.1) is 12.7 Å². The van der Waals surface area contributed by atoms with Crippen molar-refractivity contribution >= 4 is 0 Å². The molecule has 0 saturated carbocycles. The van der Waals surface area contributed by atoms with Crippen LogP contribution in [0.15, 0.2) is 24.4 Å². The largest absolute Gasteiger partial charge is 0.333 e. The molecule has 0 fully saturated rings. The van der Waals surface area contributed by atoms with Crippen molar-refractivity contribution in [3.63, 3.8) is 0 Å². The number of fused-ring (bicyclic) bond motifs is 1. The molecule has 1 aliphatic rings. The van der Waals surface area contributed by atoms with E-state index in [2.05, 4.69) is 9.55 Å². The zero-order valence-corrected chi connectivity index (χ0v) is 10.4. The number of aromatic nitrogens is 2. The highest BCUT2D eigenvalue weighted by Gasteiger charge is 2.18. The second kappa shape index (κ2) is 4.21. The SMILES string of the molecule is Cc1ccc(-c2cn3c(n2)CCC(N)C3)cc1F. The Bertz CT molecular complexity index is 589. The van der Waals surface area contributed by atoms with Crippen LogP contribution in [-0.4, -0.2) is 15.6 Å². The quantitative estimate of drug-likeness (QED) is 0.837. The van der Waals surface area contributed by atoms with Gasteiger partial charge in [-0.15, -0.1) is 0 Å². The van der Waals surface area contributed by atoms with E-state index in [9.17, 15) is 4.39 Å². The predicted octanol–water partition coefficient (Wildman–Crippen LogP) is 2.27. The molecule has 0 spiro atoms. The van der Waals surface area contributed by atoms with Gasteiger partial charge in [-0.05, 0) is 25.0 Å². The van der Waals surface area contributed by atoms with Gasteiger partial charge in [0.15, 0.2) is 0 Å². The molecule has 0 amide bonds. The van der Waals surface area contributed by atoms with Crippen molar-refractivity contribution < 1.29 is 4.39 Å². The lowest BCUT2D eigenvalue weighted by Crippen LogP contribution is -2.31. The summed E-state index contributed by atoms with van der Waals surface area (Å²) in [7, 11) is 0. The maximum absolute atomic E-state index is 13.6. The number of hydrogen-bond acceptors (Lipinski definition) is 2. The van der Waals surface area contributed by atoms with E-state index in [4.69, 9.17) is 5.73 Å². The van der Waals surface area contributed by atoms with Gasteiger partial charge in [0.05, 0.1) is 5.69 Å². The van der Waals surface area contributed by atoms with Gasteiger partial charge in [0.25, 0.3) is 0 Å². The zero-order valence-electron chi connectivity index (χ0n) is 10.4. The van der Waals surface area contributed by atoms with Crippen molar-refractivity contribution in [1.29, 1.82) is 0 Å². The molecule has 0 bridgehead atoms. The van der Waals surface area contributed by atoms with E-state index in [0.29, 0.717) is 5.56 Å². The van der Waals surface area contributed by atoms with Crippen molar-refractivity contribution in [2.75, 3.05) is 0 Å². The first-order valence-corrected chi connectivity index (χ1v) is 6.21. The third-order valence-corrected chi connectivity index (χ3v) is 3.50. The molecule has 3 rings (SSSR count). The van der Waals surface area contributed by atoms with Crippen LogP contribution in [0.4, 0.5) is 4.39 Å². The number of nitrogens with zero attached hydrogens (tertiary/aromatic N) is 2. The molecule has 0 aliphatic carbocycles. The first-order chi connectivity index (χ1) is 8.63. The van der Waals surface area contributed by atoms with E-state index in [1.807, 2.05) is 12.3 Å². The maximum Gasteiger partial charge on any atom is 0.126 e. The Hall–Kier alpha value is -1.68. The Morgan fingerprint density at radius 3 is 3.06 bits per heavy atom. The lowest BCUT2D eigenvalue weighted by molar-refractivity contribution is 0.453. The number of nitrogens with two attached hydrogens (primary N) is 1. The lowest BCUT2D eigenvalue weighted by atomic mass is 10.1.